The quantitative estimate of drug-likeness (QED) is 0.675. The van der Waals surface area contributed by atoms with Gasteiger partial charge in [-0.15, -0.1) is 0 Å². The van der Waals surface area contributed by atoms with E-state index < -0.39 is 6.09 Å². The van der Waals surface area contributed by atoms with Crippen molar-refractivity contribution in [3.63, 3.8) is 0 Å². The summed E-state index contributed by atoms with van der Waals surface area (Å²) in [5, 5.41) is 0. The Kier molecular flexibility index (Phi) is 2.68. The zero-order valence-corrected chi connectivity index (χ0v) is 7.62. The predicted octanol–water partition coefficient (Wildman–Crippen LogP) is 1.61. The highest BCUT2D eigenvalue weighted by atomic mass is 16.7. The second-order valence-electron chi connectivity index (χ2n) is 3.75. The number of nitrogens with one attached hydrogen (secondary N) is 1. The summed E-state index contributed by atoms with van der Waals surface area (Å²) in [4.78, 5) is 15.8. The zero-order chi connectivity index (χ0) is 9.10. The summed E-state index contributed by atoms with van der Waals surface area (Å²) >= 11 is 0. The van der Waals surface area contributed by atoms with Crippen LogP contribution in [0.1, 0.15) is 32.1 Å². The molecule has 1 amide bonds. The molecule has 0 spiro atoms. The SMILES string of the molecule is O=C1NOCC(C2CCCCC2)O1. The van der Waals surface area contributed by atoms with Gasteiger partial charge in [0, 0.05) is 0 Å². The van der Waals surface area contributed by atoms with Crippen LogP contribution in [-0.4, -0.2) is 18.8 Å². The number of rotatable bonds is 1. The van der Waals surface area contributed by atoms with Crippen LogP contribution in [0.4, 0.5) is 4.79 Å². The summed E-state index contributed by atoms with van der Waals surface area (Å²) in [6.45, 7) is 0.496. The highest BCUT2D eigenvalue weighted by Gasteiger charge is 2.30. The highest BCUT2D eigenvalue weighted by Crippen LogP contribution is 2.28. The van der Waals surface area contributed by atoms with Crippen LogP contribution < -0.4 is 5.48 Å². The predicted molar refractivity (Wildman–Crippen MR) is 45.9 cm³/mol. The van der Waals surface area contributed by atoms with E-state index in [1.165, 1.54) is 32.1 Å². The number of carbonyl (C=O) groups is 1. The summed E-state index contributed by atoms with van der Waals surface area (Å²) in [6.07, 6.45) is 5.70. The van der Waals surface area contributed by atoms with Crippen LogP contribution in [0.3, 0.4) is 0 Å². The molecule has 1 saturated carbocycles. The van der Waals surface area contributed by atoms with Crippen molar-refractivity contribution in [1.29, 1.82) is 0 Å². The Balaban J connectivity index is 1.87. The van der Waals surface area contributed by atoms with Crippen molar-refractivity contribution < 1.29 is 14.4 Å². The van der Waals surface area contributed by atoms with E-state index >= 15 is 0 Å². The van der Waals surface area contributed by atoms with E-state index in [0.717, 1.165) is 0 Å². The molecule has 13 heavy (non-hydrogen) atoms. The Hall–Kier alpha value is -0.770. The van der Waals surface area contributed by atoms with Crippen LogP contribution in [0, 0.1) is 5.92 Å². The van der Waals surface area contributed by atoms with Crippen LogP contribution in [-0.2, 0) is 9.57 Å². The van der Waals surface area contributed by atoms with Gasteiger partial charge in [0.15, 0.2) is 0 Å². The van der Waals surface area contributed by atoms with Crippen LogP contribution in [0.2, 0.25) is 0 Å². The molecule has 0 radical (unpaired) electrons. The van der Waals surface area contributed by atoms with E-state index in [4.69, 9.17) is 9.57 Å². The Morgan fingerprint density at radius 1 is 1.23 bits per heavy atom. The second kappa shape index (κ2) is 3.96. The van der Waals surface area contributed by atoms with Crippen molar-refractivity contribution in [3.05, 3.63) is 0 Å². The van der Waals surface area contributed by atoms with Crippen molar-refractivity contribution in [1.82, 2.24) is 5.48 Å². The number of cyclic esters (lactones) is 1. The number of hydrogen-bond donors (Lipinski definition) is 1. The molecule has 1 unspecified atom stereocenters. The lowest BCUT2D eigenvalue weighted by atomic mass is 9.85. The zero-order valence-electron chi connectivity index (χ0n) is 7.62. The number of ether oxygens (including phenoxy) is 1. The number of amides is 1. The summed E-state index contributed by atoms with van der Waals surface area (Å²) < 4.78 is 5.15. The maximum atomic E-state index is 10.9. The fraction of sp³-hybridized carbons (Fsp3) is 0.889. The van der Waals surface area contributed by atoms with Crippen LogP contribution in [0.15, 0.2) is 0 Å². The number of carbonyl (C=O) groups excluding carboxylic acids is 1. The van der Waals surface area contributed by atoms with Gasteiger partial charge in [0.25, 0.3) is 0 Å². The Morgan fingerprint density at radius 3 is 2.69 bits per heavy atom. The van der Waals surface area contributed by atoms with Gasteiger partial charge in [-0.25, -0.2) is 4.79 Å². The lowest BCUT2D eigenvalue weighted by Gasteiger charge is -2.31. The first kappa shape index (κ1) is 8.81. The molecule has 1 aliphatic carbocycles. The largest absolute Gasteiger partial charge is 0.442 e. The van der Waals surface area contributed by atoms with E-state index in [-0.39, 0.29) is 6.10 Å². The first-order valence-corrected chi connectivity index (χ1v) is 4.94. The summed E-state index contributed by atoms with van der Waals surface area (Å²) in [5.41, 5.74) is 2.19. The fourth-order valence-electron chi connectivity index (χ4n) is 2.12. The molecular weight excluding hydrogens is 170 g/mol. The Morgan fingerprint density at radius 2 is 2.00 bits per heavy atom. The molecule has 4 nitrogen and oxygen atoms in total. The number of hydroxylamine groups is 1. The third kappa shape index (κ3) is 2.12. The van der Waals surface area contributed by atoms with Crippen molar-refractivity contribution in [2.24, 2.45) is 5.92 Å². The number of hydrogen-bond acceptors (Lipinski definition) is 3. The van der Waals surface area contributed by atoms with Crippen molar-refractivity contribution >= 4 is 6.09 Å². The average molecular weight is 185 g/mol. The maximum Gasteiger partial charge on any atom is 0.431 e. The van der Waals surface area contributed by atoms with Gasteiger partial charge in [0.2, 0.25) is 0 Å². The molecule has 0 bridgehead atoms. The molecule has 1 heterocycles. The molecule has 4 heteroatoms. The molecule has 1 aliphatic heterocycles. The first-order valence-electron chi connectivity index (χ1n) is 4.94. The summed E-state index contributed by atoms with van der Waals surface area (Å²) in [7, 11) is 0. The molecule has 2 rings (SSSR count). The third-order valence-corrected chi connectivity index (χ3v) is 2.84. The molecule has 1 N–H and O–H groups in total. The standard InChI is InChI=1S/C9H15NO3/c11-9-10-12-6-8(13-9)7-4-2-1-3-5-7/h7-8H,1-6H2,(H,10,11). The van der Waals surface area contributed by atoms with Crippen LogP contribution in [0.25, 0.3) is 0 Å². The molecule has 0 aromatic carbocycles. The summed E-state index contributed by atoms with van der Waals surface area (Å²) in [6, 6.07) is 0. The monoisotopic (exact) mass is 185 g/mol. The third-order valence-electron chi connectivity index (χ3n) is 2.84. The van der Waals surface area contributed by atoms with Crippen molar-refractivity contribution in [2.45, 2.75) is 38.2 Å². The van der Waals surface area contributed by atoms with Gasteiger partial charge in [-0.1, -0.05) is 19.3 Å². The molecule has 2 fully saturated rings. The van der Waals surface area contributed by atoms with E-state index in [1.807, 2.05) is 0 Å². The van der Waals surface area contributed by atoms with Gasteiger partial charge < -0.3 is 4.74 Å². The lowest BCUT2D eigenvalue weighted by molar-refractivity contribution is -0.0959. The Bertz CT molecular complexity index is 189. The topological polar surface area (TPSA) is 47.6 Å². The second-order valence-corrected chi connectivity index (χ2v) is 3.75. The summed E-state index contributed by atoms with van der Waals surface area (Å²) in [5.74, 6) is 0.514. The molecule has 1 atom stereocenters. The van der Waals surface area contributed by atoms with Crippen LogP contribution in [0.5, 0.6) is 0 Å². The van der Waals surface area contributed by atoms with Crippen molar-refractivity contribution in [3.8, 4) is 0 Å². The highest BCUT2D eigenvalue weighted by molar-refractivity contribution is 5.66. The molecule has 2 aliphatic rings. The van der Waals surface area contributed by atoms with E-state index in [2.05, 4.69) is 5.48 Å². The van der Waals surface area contributed by atoms with Gasteiger partial charge >= 0.3 is 6.09 Å². The molecule has 0 aromatic rings. The van der Waals surface area contributed by atoms with E-state index in [9.17, 15) is 4.79 Å². The minimum Gasteiger partial charge on any atom is -0.442 e. The average Bonchev–Trinajstić information content (AvgIpc) is 2.19. The van der Waals surface area contributed by atoms with Crippen LogP contribution >= 0.6 is 0 Å². The Labute approximate surface area is 77.5 Å². The van der Waals surface area contributed by atoms with Crippen molar-refractivity contribution in [2.75, 3.05) is 6.61 Å². The first-order chi connectivity index (χ1) is 6.36. The smallest absolute Gasteiger partial charge is 0.431 e. The fourth-order valence-corrected chi connectivity index (χ4v) is 2.12. The molecular formula is C9H15NO3. The molecule has 1 saturated heterocycles. The lowest BCUT2D eigenvalue weighted by Crippen LogP contribution is -2.43. The molecule has 74 valence electrons. The van der Waals surface area contributed by atoms with Gasteiger partial charge in [-0.05, 0) is 18.8 Å². The normalized spacial score (nSPS) is 30.8. The van der Waals surface area contributed by atoms with Gasteiger partial charge in [-0.3, -0.25) is 4.84 Å². The minimum absolute atomic E-state index is 0.0194. The van der Waals surface area contributed by atoms with Gasteiger partial charge in [-0.2, -0.15) is 5.48 Å². The maximum absolute atomic E-state index is 10.9. The van der Waals surface area contributed by atoms with Gasteiger partial charge in [0.1, 0.15) is 12.7 Å². The molecule has 0 aromatic heterocycles. The van der Waals surface area contributed by atoms with Gasteiger partial charge in [0.05, 0.1) is 0 Å². The minimum atomic E-state index is -0.443. The van der Waals surface area contributed by atoms with E-state index in [1.54, 1.807) is 0 Å². The van der Waals surface area contributed by atoms with E-state index in [0.29, 0.717) is 12.5 Å².